The van der Waals surface area contributed by atoms with Gasteiger partial charge >= 0.3 is 5.69 Å². The molecule has 0 saturated heterocycles. The molecule has 0 radical (unpaired) electrons. The average molecular weight is 328 g/mol. The molecule has 24 heavy (non-hydrogen) atoms. The van der Waals surface area contributed by atoms with Crippen molar-refractivity contribution in [2.75, 3.05) is 6.61 Å². The first kappa shape index (κ1) is 17.1. The fraction of sp³-hybridized carbons (Fsp3) is 0.188. The zero-order valence-corrected chi connectivity index (χ0v) is 13.2. The standard InChI is InChI=1S/C16H16N4O4/c1-3-24-15-5-4-13(10-14(15)20(22)23)11(2)18-19-16(21)12-6-8-17-9-7-12/h4-10H,3H2,1-2H3,(H,19,21)/b18-11-. The Hall–Kier alpha value is -3.29. The van der Waals surface area contributed by atoms with E-state index in [9.17, 15) is 14.9 Å². The Morgan fingerprint density at radius 3 is 2.62 bits per heavy atom. The molecule has 0 aliphatic rings. The summed E-state index contributed by atoms with van der Waals surface area (Å²) in [7, 11) is 0. The second-order valence-corrected chi connectivity index (χ2v) is 4.75. The number of rotatable bonds is 6. The minimum absolute atomic E-state index is 0.149. The van der Waals surface area contributed by atoms with Gasteiger partial charge in [0.05, 0.1) is 17.2 Å². The second-order valence-electron chi connectivity index (χ2n) is 4.75. The first-order valence-corrected chi connectivity index (χ1v) is 7.19. The van der Waals surface area contributed by atoms with E-state index in [0.29, 0.717) is 23.4 Å². The number of carbonyl (C=O) groups is 1. The largest absolute Gasteiger partial charge is 0.487 e. The first-order valence-electron chi connectivity index (χ1n) is 7.19. The van der Waals surface area contributed by atoms with Crippen molar-refractivity contribution in [3.05, 3.63) is 64.0 Å². The second kappa shape index (κ2) is 7.82. The van der Waals surface area contributed by atoms with E-state index in [4.69, 9.17) is 4.74 Å². The number of nitrogens with zero attached hydrogens (tertiary/aromatic N) is 3. The number of benzene rings is 1. The number of hydrogen-bond acceptors (Lipinski definition) is 6. The summed E-state index contributed by atoms with van der Waals surface area (Å²) in [6.45, 7) is 3.72. The maximum atomic E-state index is 11.9. The van der Waals surface area contributed by atoms with Gasteiger partial charge in [0.15, 0.2) is 5.75 Å². The smallest absolute Gasteiger partial charge is 0.311 e. The SMILES string of the molecule is CCOc1ccc(/C(C)=N\NC(=O)c2ccncc2)cc1[N+](=O)[O-]. The number of nitro benzene ring substituents is 1. The maximum absolute atomic E-state index is 11.9. The summed E-state index contributed by atoms with van der Waals surface area (Å²) in [6.07, 6.45) is 3.00. The van der Waals surface area contributed by atoms with Gasteiger partial charge in [-0.2, -0.15) is 5.10 Å². The van der Waals surface area contributed by atoms with Crippen molar-refractivity contribution in [1.29, 1.82) is 0 Å². The number of pyridine rings is 1. The molecule has 0 bridgehead atoms. The van der Waals surface area contributed by atoms with Crippen molar-refractivity contribution in [3.63, 3.8) is 0 Å². The summed E-state index contributed by atoms with van der Waals surface area (Å²) >= 11 is 0. The van der Waals surface area contributed by atoms with Gasteiger partial charge in [-0.05, 0) is 38.1 Å². The van der Waals surface area contributed by atoms with Gasteiger partial charge in [0.25, 0.3) is 5.91 Å². The number of hydrogen-bond donors (Lipinski definition) is 1. The highest BCUT2D eigenvalue weighted by Crippen LogP contribution is 2.28. The Kier molecular flexibility index (Phi) is 5.56. The minimum atomic E-state index is -0.517. The molecule has 2 rings (SSSR count). The summed E-state index contributed by atoms with van der Waals surface area (Å²) < 4.78 is 5.23. The van der Waals surface area contributed by atoms with Crippen molar-refractivity contribution < 1.29 is 14.5 Å². The van der Waals surface area contributed by atoms with Gasteiger partial charge in [-0.3, -0.25) is 19.9 Å². The molecule has 1 amide bonds. The van der Waals surface area contributed by atoms with Crippen LogP contribution in [0.3, 0.4) is 0 Å². The predicted molar refractivity (Wildman–Crippen MR) is 88.2 cm³/mol. The lowest BCUT2D eigenvalue weighted by atomic mass is 10.1. The topological polar surface area (TPSA) is 107 Å². The zero-order chi connectivity index (χ0) is 17.5. The number of carbonyl (C=O) groups excluding carboxylic acids is 1. The van der Waals surface area contributed by atoms with E-state index in [1.54, 1.807) is 32.0 Å². The zero-order valence-electron chi connectivity index (χ0n) is 13.2. The summed E-state index contributed by atoms with van der Waals surface area (Å²) in [6, 6.07) is 7.64. The first-order chi connectivity index (χ1) is 11.5. The highest BCUT2D eigenvalue weighted by molar-refractivity contribution is 6.01. The molecule has 0 atom stereocenters. The summed E-state index contributed by atoms with van der Waals surface area (Å²) in [5.74, 6) is -0.197. The van der Waals surface area contributed by atoms with Gasteiger partial charge in [0.2, 0.25) is 0 Å². The van der Waals surface area contributed by atoms with Crippen LogP contribution in [0.1, 0.15) is 29.8 Å². The van der Waals surface area contributed by atoms with Gasteiger partial charge in [-0.15, -0.1) is 0 Å². The third kappa shape index (κ3) is 4.13. The van der Waals surface area contributed by atoms with Gasteiger partial charge in [-0.25, -0.2) is 5.43 Å². The molecule has 0 aliphatic carbocycles. The Labute approximate surface area is 138 Å². The van der Waals surface area contributed by atoms with Crippen LogP contribution in [0.2, 0.25) is 0 Å². The molecule has 0 unspecified atom stereocenters. The molecule has 0 spiro atoms. The van der Waals surface area contributed by atoms with Crippen LogP contribution in [0.25, 0.3) is 0 Å². The van der Waals surface area contributed by atoms with Gasteiger partial charge < -0.3 is 4.74 Å². The Morgan fingerprint density at radius 2 is 2.00 bits per heavy atom. The molecular weight excluding hydrogens is 312 g/mol. The van der Waals surface area contributed by atoms with E-state index in [0.717, 1.165) is 0 Å². The number of aromatic nitrogens is 1. The number of amides is 1. The van der Waals surface area contributed by atoms with Crippen LogP contribution in [-0.2, 0) is 0 Å². The molecule has 0 fully saturated rings. The number of nitrogens with one attached hydrogen (secondary N) is 1. The highest BCUT2D eigenvalue weighted by Gasteiger charge is 2.16. The summed E-state index contributed by atoms with van der Waals surface area (Å²) in [5.41, 5.74) is 3.62. The lowest BCUT2D eigenvalue weighted by molar-refractivity contribution is -0.385. The lowest BCUT2D eigenvalue weighted by Gasteiger charge is -2.07. The molecule has 0 aliphatic heterocycles. The number of nitro groups is 1. The monoisotopic (exact) mass is 328 g/mol. The van der Waals surface area contributed by atoms with Crippen LogP contribution >= 0.6 is 0 Å². The van der Waals surface area contributed by atoms with Crippen LogP contribution in [0, 0.1) is 10.1 Å². The Morgan fingerprint density at radius 1 is 1.29 bits per heavy atom. The van der Waals surface area contributed by atoms with E-state index < -0.39 is 10.8 Å². The normalized spacial score (nSPS) is 11.0. The van der Waals surface area contributed by atoms with Crippen LogP contribution in [-0.4, -0.2) is 28.1 Å². The quantitative estimate of drug-likeness (QED) is 0.498. The van der Waals surface area contributed by atoms with Crippen LogP contribution in [0.4, 0.5) is 5.69 Å². The van der Waals surface area contributed by atoms with Crippen molar-refractivity contribution in [1.82, 2.24) is 10.4 Å². The average Bonchev–Trinajstić information content (AvgIpc) is 2.60. The fourth-order valence-corrected chi connectivity index (χ4v) is 1.93. The molecule has 1 N–H and O–H groups in total. The van der Waals surface area contributed by atoms with Gasteiger partial charge in [0.1, 0.15) is 0 Å². The van der Waals surface area contributed by atoms with Crippen LogP contribution < -0.4 is 10.2 Å². The van der Waals surface area contributed by atoms with Crippen LogP contribution in [0.5, 0.6) is 5.75 Å². The summed E-state index contributed by atoms with van der Waals surface area (Å²) in [5, 5.41) is 15.1. The number of ether oxygens (including phenoxy) is 1. The molecule has 1 aromatic carbocycles. The van der Waals surface area contributed by atoms with E-state index >= 15 is 0 Å². The molecule has 0 saturated carbocycles. The lowest BCUT2D eigenvalue weighted by Crippen LogP contribution is -2.19. The third-order valence-corrected chi connectivity index (χ3v) is 3.14. The molecule has 8 heteroatoms. The fourth-order valence-electron chi connectivity index (χ4n) is 1.93. The van der Waals surface area contributed by atoms with Crippen LogP contribution in [0.15, 0.2) is 47.8 Å². The molecule has 8 nitrogen and oxygen atoms in total. The van der Waals surface area contributed by atoms with E-state index in [-0.39, 0.29) is 11.4 Å². The maximum Gasteiger partial charge on any atom is 0.311 e. The highest BCUT2D eigenvalue weighted by atomic mass is 16.6. The molecule has 2 aromatic rings. The number of hydrazone groups is 1. The molecular formula is C16H16N4O4. The van der Waals surface area contributed by atoms with E-state index in [1.165, 1.54) is 24.5 Å². The van der Waals surface area contributed by atoms with Crippen molar-refractivity contribution in [2.24, 2.45) is 5.10 Å². The summed E-state index contributed by atoms with van der Waals surface area (Å²) in [4.78, 5) is 26.4. The van der Waals surface area contributed by atoms with Crippen molar-refractivity contribution in [2.45, 2.75) is 13.8 Å². The van der Waals surface area contributed by atoms with Crippen molar-refractivity contribution in [3.8, 4) is 5.75 Å². The minimum Gasteiger partial charge on any atom is -0.487 e. The van der Waals surface area contributed by atoms with Crippen molar-refractivity contribution >= 4 is 17.3 Å². The molecule has 1 heterocycles. The predicted octanol–water partition coefficient (Wildman–Crippen LogP) is 2.54. The van der Waals surface area contributed by atoms with Gasteiger partial charge in [-0.1, -0.05) is 0 Å². The van der Waals surface area contributed by atoms with E-state index in [2.05, 4.69) is 15.5 Å². The van der Waals surface area contributed by atoms with Gasteiger partial charge in [0, 0.05) is 29.6 Å². The molecule has 1 aromatic heterocycles. The Bertz CT molecular complexity index is 775. The van der Waals surface area contributed by atoms with E-state index in [1.807, 2.05) is 0 Å². The Balaban J connectivity index is 2.19. The molecule has 124 valence electrons. The third-order valence-electron chi connectivity index (χ3n) is 3.14.